The second kappa shape index (κ2) is 8.41. The Labute approximate surface area is 171 Å². The van der Waals surface area contributed by atoms with Crippen LogP contribution in [0.4, 0.5) is 11.4 Å². The fraction of sp³-hybridized carbons (Fsp3) is 0.105. The first-order chi connectivity index (χ1) is 13.8. The number of nitro benzene ring substituents is 1. The van der Waals surface area contributed by atoms with Crippen LogP contribution in [0.2, 0.25) is 0 Å². The van der Waals surface area contributed by atoms with Gasteiger partial charge in [-0.2, -0.15) is 0 Å². The average molecular weight is 431 g/mol. The summed E-state index contributed by atoms with van der Waals surface area (Å²) in [6.45, 7) is 1.88. The molecule has 1 atom stereocenters. The highest BCUT2D eigenvalue weighted by molar-refractivity contribution is 7.92. The molecule has 0 saturated heterocycles. The Balaban J connectivity index is 1.70. The third kappa shape index (κ3) is 4.98. The zero-order valence-electron chi connectivity index (χ0n) is 15.2. The molecule has 0 aliphatic heterocycles. The van der Waals surface area contributed by atoms with Crippen LogP contribution in [-0.2, 0) is 10.0 Å². The quantitative estimate of drug-likeness (QED) is 0.434. The van der Waals surface area contributed by atoms with Crippen molar-refractivity contribution >= 4 is 38.6 Å². The number of hydrogen-bond donors (Lipinski definition) is 2. The lowest BCUT2D eigenvalue weighted by Crippen LogP contribution is -2.26. The molecule has 0 aliphatic carbocycles. The van der Waals surface area contributed by atoms with Crippen LogP contribution in [0, 0.1) is 10.1 Å². The van der Waals surface area contributed by atoms with E-state index >= 15 is 0 Å². The van der Waals surface area contributed by atoms with E-state index in [1.54, 1.807) is 11.3 Å². The number of non-ortho nitro benzene ring substituents is 1. The molecule has 0 aliphatic rings. The molecular formula is C19H17N3O5S2. The van der Waals surface area contributed by atoms with Crippen molar-refractivity contribution in [2.24, 2.45) is 0 Å². The molecule has 10 heteroatoms. The van der Waals surface area contributed by atoms with Gasteiger partial charge in [-0.15, -0.1) is 11.3 Å². The molecule has 0 radical (unpaired) electrons. The standard InChI is InChI=1S/C19H17N3O5S2/c1-13(18-6-3-11-28-18)20-19(23)14-7-9-15(10-8-14)21-29(26,27)17-5-2-4-16(12-17)22(24)25/h2-13,21H,1H3,(H,20,23). The maximum Gasteiger partial charge on any atom is 0.270 e. The summed E-state index contributed by atoms with van der Waals surface area (Å²) in [5, 5.41) is 15.7. The maximum absolute atomic E-state index is 12.5. The van der Waals surface area contributed by atoms with Gasteiger partial charge < -0.3 is 5.32 Å². The predicted molar refractivity (Wildman–Crippen MR) is 111 cm³/mol. The molecule has 0 fully saturated rings. The molecule has 1 unspecified atom stereocenters. The third-order valence-corrected chi connectivity index (χ3v) is 6.49. The van der Waals surface area contributed by atoms with Crippen LogP contribution in [0.5, 0.6) is 0 Å². The minimum absolute atomic E-state index is 0.144. The van der Waals surface area contributed by atoms with Gasteiger partial charge in [-0.05, 0) is 48.7 Å². The minimum Gasteiger partial charge on any atom is -0.345 e. The largest absolute Gasteiger partial charge is 0.345 e. The average Bonchev–Trinajstić information content (AvgIpc) is 3.23. The van der Waals surface area contributed by atoms with Crippen molar-refractivity contribution in [2.45, 2.75) is 17.9 Å². The number of carbonyl (C=O) groups is 1. The number of benzene rings is 2. The van der Waals surface area contributed by atoms with Gasteiger partial charge in [-0.3, -0.25) is 19.6 Å². The number of hydrogen-bond acceptors (Lipinski definition) is 6. The van der Waals surface area contributed by atoms with Gasteiger partial charge in [0.15, 0.2) is 0 Å². The molecule has 8 nitrogen and oxygen atoms in total. The van der Waals surface area contributed by atoms with Crippen molar-refractivity contribution in [2.75, 3.05) is 4.72 Å². The molecule has 1 amide bonds. The Morgan fingerprint density at radius 1 is 1.10 bits per heavy atom. The van der Waals surface area contributed by atoms with Crippen molar-refractivity contribution in [1.29, 1.82) is 0 Å². The van der Waals surface area contributed by atoms with E-state index in [4.69, 9.17) is 0 Å². The Morgan fingerprint density at radius 3 is 2.45 bits per heavy atom. The maximum atomic E-state index is 12.5. The number of rotatable bonds is 7. The van der Waals surface area contributed by atoms with Gasteiger partial charge in [-0.1, -0.05) is 12.1 Å². The Kier molecular flexibility index (Phi) is 5.95. The number of amides is 1. The molecule has 29 heavy (non-hydrogen) atoms. The van der Waals surface area contributed by atoms with Gasteiger partial charge in [-0.25, -0.2) is 8.42 Å². The highest BCUT2D eigenvalue weighted by atomic mass is 32.2. The SMILES string of the molecule is CC(NC(=O)c1ccc(NS(=O)(=O)c2cccc([N+](=O)[O-])c2)cc1)c1cccs1. The molecule has 3 aromatic rings. The van der Waals surface area contributed by atoms with E-state index in [0.717, 1.165) is 10.9 Å². The molecular weight excluding hydrogens is 414 g/mol. The first-order valence-corrected chi connectivity index (χ1v) is 10.8. The van der Waals surface area contributed by atoms with Gasteiger partial charge in [0.25, 0.3) is 21.6 Å². The highest BCUT2D eigenvalue weighted by Gasteiger charge is 2.18. The summed E-state index contributed by atoms with van der Waals surface area (Å²) in [6, 6.07) is 14.4. The number of sulfonamides is 1. The molecule has 0 spiro atoms. The topological polar surface area (TPSA) is 118 Å². The Hall–Kier alpha value is -3.24. The lowest BCUT2D eigenvalue weighted by atomic mass is 10.2. The van der Waals surface area contributed by atoms with Crippen LogP contribution in [-0.4, -0.2) is 19.2 Å². The van der Waals surface area contributed by atoms with E-state index in [-0.39, 0.29) is 28.2 Å². The fourth-order valence-corrected chi connectivity index (χ4v) is 4.39. The van der Waals surface area contributed by atoms with Crippen LogP contribution in [0.3, 0.4) is 0 Å². The van der Waals surface area contributed by atoms with Crippen LogP contribution < -0.4 is 10.0 Å². The third-order valence-electron chi connectivity index (χ3n) is 4.06. The summed E-state index contributed by atoms with van der Waals surface area (Å²) in [4.78, 5) is 23.3. The summed E-state index contributed by atoms with van der Waals surface area (Å²) < 4.78 is 27.3. The van der Waals surface area contributed by atoms with Crippen molar-refractivity contribution in [3.63, 3.8) is 0 Å². The van der Waals surface area contributed by atoms with Crippen molar-refractivity contribution in [1.82, 2.24) is 5.32 Å². The smallest absolute Gasteiger partial charge is 0.270 e. The molecule has 3 rings (SSSR count). The molecule has 2 aromatic carbocycles. The lowest BCUT2D eigenvalue weighted by molar-refractivity contribution is -0.385. The molecule has 0 bridgehead atoms. The van der Waals surface area contributed by atoms with Crippen molar-refractivity contribution in [3.8, 4) is 0 Å². The van der Waals surface area contributed by atoms with Gasteiger partial charge in [0.1, 0.15) is 0 Å². The Bertz CT molecular complexity index is 1130. The predicted octanol–water partition coefficient (Wildman–Crippen LogP) is 3.95. The minimum atomic E-state index is -4.00. The van der Waals surface area contributed by atoms with Crippen LogP contribution in [0.25, 0.3) is 0 Å². The number of nitrogens with one attached hydrogen (secondary N) is 2. The van der Waals surface area contributed by atoms with Crippen molar-refractivity contribution in [3.05, 3.63) is 86.6 Å². The van der Waals surface area contributed by atoms with E-state index in [1.165, 1.54) is 42.5 Å². The highest BCUT2D eigenvalue weighted by Crippen LogP contribution is 2.22. The molecule has 150 valence electrons. The van der Waals surface area contributed by atoms with E-state index in [1.807, 2.05) is 24.4 Å². The second-order valence-electron chi connectivity index (χ2n) is 6.15. The first-order valence-electron chi connectivity index (χ1n) is 8.48. The van der Waals surface area contributed by atoms with Gasteiger partial charge in [0.05, 0.1) is 15.9 Å². The van der Waals surface area contributed by atoms with Crippen LogP contribution in [0.15, 0.2) is 70.9 Å². The number of anilines is 1. The van der Waals surface area contributed by atoms with Crippen LogP contribution >= 0.6 is 11.3 Å². The van der Waals surface area contributed by atoms with Gasteiger partial charge in [0, 0.05) is 28.3 Å². The summed E-state index contributed by atoms with van der Waals surface area (Å²) in [6.07, 6.45) is 0. The van der Waals surface area contributed by atoms with Crippen molar-refractivity contribution < 1.29 is 18.1 Å². The van der Waals surface area contributed by atoms with Crippen LogP contribution in [0.1, 0.15) is 28.2 Å². The number of thiophene rings is 1. The molecule has 1 aromatic heterocycles. The zero-order chi connectivity index (χ0) is 21.0. The molecule has 2 N–H and O–H groups in total. The fourth-order valence-electron chi connectivity index (χ4n) is 2.56. The summed E-state index contributed by atoms with van der Waals surface area (Å²) in [7, 11) is -4.00. The van der Waals surface area contributed by atoms with Gasteiger partial charge >= 0.3 is 0 Å². The molecule has 0 saturated carbocycles. The lowest BCUT2D eigenvalue weighted by Gasteiger charge is -2.13. The monoisotopic (exact) mass is 431 g/mol. The summed E-state index contributed by atoms with van der Waals surface area (Å²) >= 11 is 1.54. The molecule has 1 heterocycles. The normalized spacial score (nSPS) is 12.2. The number of carbonyl (C=O) groups excluding carboxylic acids is 1. The van der Waals surface area contributed by atoms with E-state index in [2.05, 4.69) is 10.0 Å². The Morgan fingerprint density at radius 2 is 1.83 bits per heavy atom. The zero-order valence-corrected chi connectivity index (χ0v) is 16.9. The summed E-state index contributed by atoms with van der Waals surface area (Å²) in [5.74, 6) is -0.279. The van der Waals surface area contributed by atoms with E-state index < -0.39 is 14.9 Å². The second-order valence-corrected chi connectivity index (χ2v) is 8.81. The van der Waals surface area contributed by atoms with E-state index in [0.29, 0.717) is 5.56 Å². The van der Waals surface area contributed by atoms with E-state index in [9.17, 15) is 23.3 Å². The number of nitrogens with zero attached hydrogens (tertiary/aromatic N) is 1. The first kappa shape index (κ1) is 20.5. The van der Waals surface area contributed by atoms with Gasteiger partial charge in [0.2, 0.25) is 0 Å². The summed E-state index contributed by atoms with van der Waals surface area (Å²) in [5.41, 5.74) is 0.297. The number of nitro groups is 1.